The van der Waals surface area contributed by atoms with Gasteiger partial charge in [-0.3, -0.25) is 13.9 Å². The van der Waals surface area contributed by atoms with E-state index in [2.05, 4.69) is 9.48 Å². The first kappa shape index (κ1) is 71.4. The van der Waals surface area contributed by atoms with Crippen LogP contribution in [-0.2, 0) is 97.4 Å². The summed E-state index contributed by atoms with van der Waals surface area (Å²) in [5.41, 5.74) is 2.92. The molecular weight excluding hydrogens is 1120 g/mol. The van der Waals surface area contributed by atoms with Crippen LogP contribution in [0.2, 0.25) is 0 Å². The van der Waals surface area contributed by atoms with Gasteiger partial charge in [0.15, 0.2) is 12.3 Å². The molecule has 470 valence electrons. The largest absolute Gasteiger partial charge is 0.481 e. The third kappa shape index (κ3) is 25.0. The molecule has 25 heteroatoms. The lowest BCUT2D eigenvalue weighted by Crippen LogP contribution is -2.33. The van der Waals surface area contributed by atoms with Crippen molar-refractivity contribution in [3.8, 4) is 0 Å². The zero-order valence-electron chi connectivity index (χ0n) is 49.2. The topological polar surface area (TPSA) is 272 Å². The quantitative estimate of drug-likeness (QED) is 0.0304. The van der Waals surface area contributed by atoms with E-state index in [4.69, 9.17) is 61.6 Å². The SMILES string of the molecule is COCCOCCOCCOCCOCCOCCC1(C)C(/C=C/C=C/C=C2/N(CCCCCC(=O)O)c3ccc(S(=O)(=O)O)cc3C2(C)CCOCCOCCOCCOCCOCCOC)=[N+](CCOC)c2ccc(S(=O)(=O)O)cc21. The minimum absolute atomic E-state index is 0.0391. The molecule has 2 atom stereocenters. The van der Waals surface area contributed by atoms with Crippen LogP contribution in [0.3, 0.4) is 0 Å². The van der Waals surface area contributed by atoms with Gasteiger partial charge in [0, 0.05) is 82.0 Å². The fourth-order valence-electron chi connectivity index (χ4n) is 9.46. The maximum atomic E-state index is 12.6. The second kappa shape index (κ2) is 39.6. The zero-order valence-corrected chi connectivity index (χ0v) is 50.8. The summed E-state index contributed by atoms with van der Waals surface area (Å²) in [6.07, 6.45) is 12.2. The molecule has 0 amide bonds. The molecule has 0 saturated heterocycles. The number of benzene rings is 2. The Labute approximate surface area is 491 Å². The fourth-order valence-corrected chi connectivity index (χ4v) is 10.5. The van der Waals surface area contributed by atoms with Crippen LogP contribution in [0.15, 0.2) is 82.3 Å². The van der Waals surface area contributed by atoms with Crippen molar-refractivity contribution in [3.63, 3.8) is 0 Å². The van der Waals surface area contributed by atoms with Crippen LogP contribution in [0, 0.1) is 0 Å². The molecule has 0 bridgehead atoms. The summed E-state index contributed by atoms with van der Waals surface area (Å²) in [6, 6.07) is 9.15. The van der Waals surface area contributed by atoms with Crippen LogP contribution < -0.4 is 4.90 Å². The summed E-state index contributed by atoms with van der Waals surface area (Å²) >= 11 is 0. The summed E-state index contributed by atoms with van der Waals surface area (Å²) in [4.78, 5) is 13.0. The molecule has 2 unspecified atom stereocenters. The second-order valence-electron chi connectivity index (χ2n) is 19.8. The van der Waals surface area contributed by atoms with Crippen LogP contribution in [0.5, 0.6) is 0 Å². The Hall–Kier alpha value is -4.10. The van der Waals surface area contributed by atoms with Crippen LogP contribution >= 0.6 is 0 Å². The Bertz CT molecular complexity index is 2560. The van der Waals surface area contributed by atoms with Gasteiger partial charge >= 0.3 is 5.97 Å². The van der Waals surface area contributed by atoms with Gasteiger partial charge in [0.1, 0.15) is 6.61 Å². The predicted molar refractivity (Wildman–Crippen MR) is 310 cm³/mol. The summed E-state index contributed by atoms with van der Waals surface area (Å²) in [7, 11) is -4.27. The summed E-state index contributed by atoms with van der Waals surface area (Å²) < 4.78 is 145. The third-order valence-electron chi connectivity index (χ3n) is 13.9. The van der Waals surface area contributed by atoms with Crippen molar-refractivity contribution >= 4 is 43.3 Å². The number of fused-ring (bicyclic) bond motifs is 2. The van der Waals surface area contributed by atoms with Crippen molar-refractivity contribution in [1.29, 1.82) is 0 Å². The molecule has 3 N–H and O–H groups in total. The van der Waals surface area contributed by atoms with Crippen LogP contribution in [0.1, 0.15) is 63.5 Å². The van der Waals surface area contributed by atoms with Crippen molar-refractivity contribution < 1.29 is 102 Å². The van der Waals surface area contributed by atoms with Gasteiger partial charge in [-0.1, -0.05) is 24.6 Å². The Balaban J connectivity index is 1.49. The molecule has 0 fully saturated rings. The van der Waals surface area contributed by atoms with Crippen molar-refractivity contribution in [2.24, 2.45) is 0 Å². The van der Waals surface area contributed by atoms with Gasteiger partial charge in [0.2, 0.25) is 5.69 Å². The zero-order chi connectivity index (χ0) is 60.2. The first-order valence-corrected chi connectivity index (χ1v) is 31.1. The van der Waals surface area contributed by atoms with E-state index in [1.807, 2.05) is 44.2 Å². The number of hydrogen-bond acceptors (Lipinski definition) is 19. The highest BCUT2D eigenvalue weighted by Gasteiger charge is 2.48. The molecular formula is C58H91N2O21S2+. The minimum atomic E-state index is -4.57. The van der Waals surface area contributed by atoms with Crippen molar-refractivity contribution in [2.75, 3.05) is 191 Å². The molecule has 4 rings (SSSR count). The number of carbonyl (C=O) groups is 1. The summed E-state index contributed by atoms with van der Waals surface area (Å²) in [5, 5.41) is 9.31. The van der Waals surface area contributed by atoms with E-state index in [1.54, 1.807) is 33.5 Å². The average molecular weight is 1220 g/mol. The molecule has 2 aliphatic heterocycles. The van der Waals surface area contributed by atoms with Gasteiger partial charge in [0.25, 0.3) is 20.2 Å². The predicted octanol–water partition coefficient (Wildman–Crippen LogP) is 5.84. The number of carboxylic acid groups (broad SMARTS) is 1. The highest BCUT2D eigenvalue weighted by molar-refractivity contribution is 7.86. The van der Waals surface area contributed by atoms with Crippen molar-refractivity contribution in [2.45, 2.75) is 73.0 Å². The normalized spacial score (nSPS) is 17.8. The number of unbranched alkanes of at least 4 members (excludes halogenated alkanes) is 2. The molecule has 2 aliphatic rings. The van der Waals surface area contributed by atoms with Gasteiger partial charge in [-0.15, -0.1) is 0 Å². The maximum absolute atomic E-state index is 12.6. The molecule has 0 aliphatic carbocycles. The standard InChI is InChI=1S/C58H90N2O21S2/c1-57(19-23-72-30-32-76-38-40-80-44-42-78-36-34-74-28-26-70-4)50-46-48(82(63,64)65)15-17-52(50)59(21-11-7-10-14-56(61)62)54(57)12-8-6-9-13-55-58(2,51-47-49(83(66,67)68)16-18-53(51)60(55)22-25-69-3)20-24-73-31-33-77-39-41-81-45-43-79-37-35-75-29-27-71-5/h6,8-9,12-13,15-18,46-47H,7,10-11,14,19-45H2,1-5H3,(H2-,61,62,63,64,65,66,67,68)/p+1. The lowest BCUT2D eigenvalue weighted by molar-refractivity contribution is -0.441. The second-order valence-corrected chi connectivity index (χ2v) is 22.6. The van der Waals surface area contributed by atoms with E-state index in [0.717, 1.165) is 22.8 Å². The first-order valence-electron chi connectivity index (χ1n) is 28.2. The van der Waals surface area contributed by atoms with Gasteiger partial charge in [0.05, 0.1) is 147 Å². The highest BCUT2D eigenvalue weighted by atomic mass is 32.2. The molecule has 23 nitrogen and oxygen atoms in total. The van der Waals surface area contributed by atoms with E-state index in [-0.39, 0.29) is 29.4 Å². The van der Waals surface area contributed by atoms with Crippen LogP contribution in [-0.4, -0.2) is 234 Å². The molecule has 2 heterocycles. The Morgan fingerprint density at radius 3 is 1.39 bits per heavy atom. The molecule has 0 spiro atoms. The number of anilines is 1. The molecule has 2 aromatic rings. The van der Waals surface area contributed by atoms with Gasteiger partial charge in [-0.25, -0.2) is 0 Å². The fraction of sp³-hybridized carbons (Fsp3) is 0.655. The lowest BCUT2D eigenvalue weighted by Gasteiger charge is -2.30. The van der Waals surface area contributed by atoms with Gasteiger partial charge in [-0.05, 0) is 81.5 Å². The van der Waals surface area contributed by atoms with Crippen LogP contribution in [0.4, 0.5) is 11.4 Å². The number of rotatable bonds is 50. The highest BCUT2D eigenvalue weighted by Crippen LogP contribution is 2.51. The number of methoxy groups -OCH3 is 3. The number of nitrogens with zero attached hydrogens (tertiary/aromatic N) is 2. The minimum Gasteiger partial charge on any atom is -0.481 e. The number of aliphatic carboxylic acids is 1. The molecule has 0 aromatic heterocycles. The number of carboxylic acids is 1. The average Bonchev–Trinajstić information content (AvgIpc) is 2.64. The number of ether oxygens (including phenoxy) is 13. The molecule has 0 radical (unpaired) electrons. The third-order valence-corrected chi connectivity index (χ3v) is 15.6. The molecule has 0 saturated carbocycles. The molecule has 2 aromatic carbocycles. The van der Waals surface area contributed by atoms with Crippen LogP contribution in [0.25, 0.3) is 0 Å². The number of hydrogen-bond donors (Lipinski definition) is 3. The monoisotopic (exact) mass is 1220 g/mol. The maximum Gasteiger partial charge on any atom is 0.303 e. The van der Waals surface area contributed by atoms with Gasteiger partial charge in [-0.2, -0.15) is 21.4 Å². The molecule has 83 heavy (non-hydrogen) atoms. The van der Waals surface area contributed by atoms with E-state index in [0.29, 0.717) is 195 Å². The lowest BCUT2D eigenvalue weighted by atomic mass is 9.76. The van der Waals surface area contributed by atoms with E-state index < -0.39 is 37.0 Å². The summed E-state index contributed by atoms with van der Waals surface area (Å²) in [5.74, 6) is -0.871. The van der Waals surface area contributed by atoms with E-state index in [9.17, 15) is 35.8 Å². The van der Waals surface area contributed by atoms with Crippen molar-refractivity contribution in [1.82, 2.24) is 0 Å². The van der Waals surface area contributed by atoms with E-state index in [1.165, 1.54) is 24.3 Å². The number of allylic oxidation sites excluding steroid dienone is 6. The van der Waals surface area contributed by atoms with E-state index >= 15 is 0 Å². The summed E-state index contributed by atoms with van der Waals surface area (Å²) in [6.45, 7) is 14.3. The van der Waals surface area contributed by atoms with Gasteiger partial charge < -0.3 is 71.6 Å². The first-order chi connectivity index (χ1) is 40.0. The Morgan fingerprint density at radius 1 is 0.518 bits per heavy atom. The van der Waals surface area contributed by atoms with Crippen molar-refractivity contribution in [3.05, 3.63) is 83.6 Å². The smallest absolute Gasteiger partial charge is 0.303 e. The Kier molecular flexibility index (Phi) is 34.0. The Morgan fingerprint density at radius 2 is 0.940 bits per heavy atom.